The number of methoxy groups -OCH3 is 1. The van der Waals surface area contributed by atoms with Crippen LogP contribution >= 0.6 is 11.3 Å². The van der Waals surface area contributed by atoms with Gasteiger partial charge in [-0.05, 0) is 48.9 Å². The van der Waals surface area contributed by atoms with E-state index in [1.807, 2.05) is 53.9 Å². The molecule has 0 amide bonds. The Kier molecular flexibility index (Phi) is 5.60. The molecule has 0 unspecified atom stereocenters. The minimum absolute atomic E-state index is 0.0712. The summed E-state index contributed by atoms with van der Waals surface area (Å²) in [7, 11) is 1.66. The molecule has 1 aliphatic heterocycles. The van der Waals surface area contributed by atoms with Gasteiger partial charge >= 0.3 is 0 Å². The Bertz CT molecular complexity index is 1250. The number of aryl methyl sites for hydroxylation is 1. The van der Waals surface area contributed by atoms with Gasteiger partial charge in [0.25, 0.3) is 0 Å². The minimum Gasteiger partial charge on any atom is -0.497 e. The van der Waals surface area contributed by atoms with Gasteiger partial charge in [0, 0.05) is 22.9 Å². The molecule has 0 radical (unpaired) electrons. The lowest BCUT2D eigenvalue weighted by atomic mass is 9.94. The molecule has 0 aliphatic carbocycles. The van der Waals surface area contributed by atoms with Crippen molar-refractivity contribution in [2.75, 3.05) is 12.5 Å². The molecule has 32 heavy (non-hydrogen) atoms. The average molecular weight is 442 g/mol. The summed E-state index contributed by atoms with van der Waals surface area (Å²) >= 11 is 1.53. The first-order chi connectivity index (χ1) is 15.7. The predicted octanol–water partition coefficient (Wildman–Crippen LogP) is 6.47. The SMILES string of the molecule is COc1ccc(-c2csc(N/N=C3\C[C@H](c4ccccc4)Oc4ccc(C)cc43)n2)cc1. The number of fused-ring (bicyclic) bond motifs is 1. The fraction of sp³-hybridized carbons (Fsp3) is 0.154. The largest absolute Gasteiger partial charge is 0.497 e. The minimum atomic E-state index is -0.0712. The quantitative estimate of drug-likeness (QED) is 0.361. The Balaban J connectivity index is 1.41. The van der Waals surface area contributed by atoms with Crippen molar-refractivity contribution in [3.63, 3.8) is 0 Å². The van der Waals surface area contributed by atoms with E-state index in [2.05, 4.69) is 36.6 Å². The topological polar surface area (TPSA) is 55.7 Å². The zero-order chi connectivity index (χ0) is 21.9. The molecular formula is C26H23N3O2S. The van der Waals surface area contributed by atoms with E-state index >= 15 is 0 Å². The van der Waals surface area contributed by atoms with Gasteiger partial charge in [0.1, 0.15) is 17.6 Å². The van der Waals surface area contributed by atoms with Crippen molar-refractivity contribution in [1.82, 2.24) is 4.98 Å². The molecule has 0 saturated carbocycles. The Morgan fingerprint density at radius 3 is 2.66 bits per heavy atom. The number of anilines is 1. The molecule has 1 atom stereocenters. The first-order valence-corrected chi connectivity index (χ1v) is 11.3. The lowest BCUT2D eigenvalue weighted by Gasteiger charge is -2.27. The second-order valence-electron chi connectivity index (χ2n) is 7.66. The fourth-order valence-corrected chi connectivity index (χ4v) is 4.41. The van der Waals surface area contributed by atoms with E-state index in [1.54, 1.807) is 7.11 Å². The lowest BCUT2D eigenvalue weighted by Crippen LogP contribution is -2.22. The maximum Gasteiger partial charge on any atom is 0.203 e. The van der Waals surface area contributed by atoms with E-state index in [0.717, 1.165) is 44.7 Å². The van der Waals surface area contributed by atoms with Crippen molar-refractivity contribution in [2.24, 2.45) is 5.10 Å². The van der Waals surface area contributed by atoms with Crippen LogP contribution in [0, 0.1) is 6.92 Å². The van der Waals surface area contributed by atoms with Crippen LogP contribution in [0.3, 0.4) is 0 Å². The standard InChI is InChI=1S/C26H23N3O2S/c1-17-8-13-24-21(14-17)22(15-25(31-24)19-6-4-3-5-7-19)28-29-26-27-23(16-32-26)18-9-11-20(30-2)12-10-18/h3-14,16,25H,15H2,1-2H3,(H,27,29)/b28-22+/t25-/m1/s1. The third-order valence-corrected chi connectivity index (χ3v) is 6.19. The monoisotopic (exact) mass is 441 g/mol. The molecule has 3 aromatic carbocycles. The van der Waals surface area contributed by atoms with Crippen LogP contribution in [0.25, 0.3) is 11.3 Å². The Morgan fingerprint density at radius 2 is 1.88 bits per heavy atom. The Labute approximate surface area is 191 Å². The molecule has 5 rings (SSSR count). The summed E-state index contributed by atoms with van der Waals surface area (Å²) in [5.74, 6) is 1.68. The molecule has 0 spiro atoms. The molecule has 6 heteroatoms. The maximum absolute atomic E-state index is 6.30. The molecule has 1 N–H and O–H groups in total. The molecule has 1 aromatic heterocycles. The van der Waals surface area contributed by atoms with E-state index in [1.165, 1.54) is 16.9 Å². The van der Waals surface area contributed by atoms with Gasteiger partial charge in [-0.2, -0.15) is 5.10 Å². The van der Waals surface area contributed by atoms with Crippen molar-refractivity contribution < 1.29 is 9.47 Å². The van der Waals surface area contributed by atoms with Gasteiger partial charge in [0.15, 0.2) is 0 Å². The summed E-state index contributed by atoms with van der Waals surface area (Å²) < 4.78 is 11.5. The van der Waals surface area contributed by atoms with Crippen LogP contribution in [0.5, 0.6) is 11.5 Å². The molecule has 4 aromatic rings. The summed E-state index contributed by atoms with van der Waals surface area (Å²) in [4.78, 5) is 4.70. The van der Waals surface area contributed by atoms with Crippen LogP contribution in [0.2, 0.25) is 0 Å². The van der Waals surface area contributed by atoms with E-state index in [0.29, 0.717) is 6.42 Å². The number of rotatable bonds is 5. The van der Waals surface area contributed by atoms with Crippen molar-refractivity contribution in [3.05, 3.63) is 94.9 Å². The van der Waals surface area contributed by atoms with Crippen molar-refractivity contribution in [2.45, 2.75) is 19.4 Å². The third-order valence-electron chi connectivity index (χ3n) is 5.44. The number of nitrogens with zero attached hydrogens (tertiary/aromatic N) is 2. The zero-order valence-electron chi connectivity index (χ0n) is 17.9. The number of hydrazone groups is 1. The van der Waals surface area contributed by atoms with E-state index in [4.69, 9.17) is 19.6 Å². The molecule has 160 valence electrons. The Morgan fingerprint density at radius 1 is 1.06 bits per heavy atom. The third kappa shape index (κ3) is 4.22. The molecule has 0 bridgehead atoms. The number of nitrogens with one attached hydrogen (secondary N) is 1. The van der Waals surface area contributed by atoms with Crippen LogP contribution in [-0.4, -0.2) is 17.8 Å². The first-order valence-electron chi connectivity index (χ1n) is 10.4. The highest BCUT2D eigenvalue weighted by Crippen LogP contribution is 2.36. The van der Waals surface area contributed by atoms with Gasteiger partial charge in [0.05, 0.1) is 18.5 Å². The smallest absolute Gasteiger partial charge is 0.203 e. The predicted molar refractivity (Wildman–Crippen MR) is 130 cm³/mol. The molecule has 0 saturated heterocycles. The van der Waals surface area contributed by atoms with Crippen molar-refractivity contribution in [1.29, 1.82) is 0 Å². The van der Waals surface area contributed by atoms with Crippen LogP contribution in [-0.2, 0) is 0 Å². The number of hydrogen-bond acceptors (Lipinski definition) is 6. The molecule has 2 heterocycles. The number of hydrogen-bond donors (Lipinski definition) is 1. The van der Waals surface area contributed by atoms with Gasteiger partial charge in [-0.15, -0.1) is 11.3 Å². The highest BCUT2D eigenvalue weighted by Gasteiger charge is 2.26. The molecule has 5 nitrogen and oxygen atoms in total. The highest BCUT2D eigenvalue weighted by atomic mass is 32.1. The number of aromatic nitrogens is 1. The molecular weight excluding hydrogens is 418 g/mol. The average Bonchev–Trinajstić information content (AvgIpc) is 3.32. The maximum atomic E-state index is 6.30. The summed E-state index contributed by atoms with van der Waals surface area (Å²) in [5.41, 5.74) is 9.43. The second-order valence-corrected chi connectivity index (χ2v) is 8.52. The normalized spacial score (nSPS) is 16.3. The van der Waals surface area contributed by atoms with Crippen LogP contribution in [0.4, 0.5) is 5.13 Å². The van der Waals surface area contributed by atoms with E-state index in [-0.39, 0.29) is 6.10 Å². The van der Waals surface area contributed by atoms with E-state index in [9.17, 15) is 0 Å². The fourth-order valence-electron chi connectivity index (χ4n) is 3.75. The zero-order valence-corrected chi connectivity index (χ0v) is 18.7. The van der Waals surface area contributed by atoms with Crippen molar-refractivity contribution >= 4 is 22.2 Å². The first kappa shape index (κ1) is 20.3. The molecule has 0 fully saturated rings. The van der Waals surface area contributed by atoms with Gasteiger partial charge in [-0.1, -0.05) is 42.0 Å². The number of thiazole rings is 1. The van der Waals surface area contributed by atoms with Gasteiger partial charge in [-0.3, -0.25) is 5.43 Å². The summed E-state index contributed by atoms with van der Waals surface area (Å²) in [6.07, 6.45) is 0.614. The van der Waals surface area contributed by atoms with Gasteiger partial charge in [0.2, 0.25) is 5.13 Å². The second kappa shape index (κ2) is 8.85. The van der Waals surface area contributed by atoms with Gasteiger partial charge in [-0.25, -0.2) is 4.98 Å². The number of ether oxygens (including phenoxy) is 2. The summed E-state index contributed by atoms with van der Waals surface area (Å²) in [6, 6.07) is 24.4. The number of benzene rings is 3. The lowest BCUT2D eigenvalue weighted by molar-refractivity contribution is 0.206. The van der Waals surface area contributed by atoms with Gasteiger partial charge < -0.3 is 9.47 Å². The van der Waals surface area contributed by atoms with Crippen molar-refractivity contribution in [3.8, 4) is 22.8 Å². The summed E-state index contributed by atoms with van der Waals surface area (Å²) in [6.45, 7) is 2.08. The highest BCUT2D eigenvalue weighted by molar-refractivity contribution is 7.14. The Hall–Kier alpha value is -3.64. The van der Waals surface area contributed by atoms with Crippen LogP contribution < -0.4 is 14.9 Å². The van der Waals surface area contributed by atoms with Crippen LogP contribution in [0.15, 0.2) is 83.3 Å². The summed E-state index contributed by atoms with van der Waals surface area (Å²) in [5, 5.41) is 7.54. The van der Waals surface area contributed by atoms with E-state index < -0.39 is 0 Å². The van der Waals surface area contributed by atoms with Crippen LogP contribution in [0.1, 0.15) is 29.2 Å². The molecule has 1 aliphatic rings.